The molecule has 1 fully saturated rings. The summed E-state index contributed by atoms with van der Waals surface area (Å²) >= 11 is 0. The molecule has 0 aliphatic carbocycles. The molecule has 38 heavy (non-hydrogen) atoms. The van der Waals surface area contributed by atoms with Gasteiger partial charge in [0.1, 0.15) is 5.60 Å². The molecule has 226 valence electrons. The third-order valence-corrected chi connectivity index (χ3v) is 3.48. The molecule has 2 amide bonds. The van der Waals surface area contributed by atoms with Crippen molar-refractivity contribution in [1.29, 1.82) is 0 Å². The molecule has 1 aliphatic rings. The lowest BCUT2D eigenvalue weighted by Crippen LogP contribution is -2.32. The Kier molecular flexibility index (Phi) is 29.5. The average Bonchev–Trinajstić information content (AvgIpc) is 3.14. The van der Waals surface area contributed by atoms with Gasteiger partial charge in [-0.15, -0.1) is 5.06 Å². The second-order valence-electron chi connectivity index (χ2n) is 8.15. The van der Waals surface area contributed by atoms with Crippen LogP contribution in [0, 0.1) is 0 Å². The van der Waals surface area contributed by atoms with E-state index in [0.29, 0.717) is 57.9 Å². The summed E-state index contributed by atoms with van der Waals surface area (Å²) in [5, 5.41) is 0.520. The van der Waals surface area contributed by atoms with Gasteiger partial charge >= 0.3 is 11.9 Å². The molecule has 0 aromatic carbocycles. The zero-order valence-corrected chi connectivity index (χ0v) is 24.0. The Morgan fingerprint density at radius 3 is 1.47 bits per heavy atom. The van der Waals surface area contributed by atoms with Gasteiger partial charge in [-0.05, 0) is 34.4 Å². The van der Waals surface area contributed by atoms with Crippen LogP contribution in [-0.4, -0.2) is 107 Å². The smallest absolute Gasteiger partial charge is 0.335 e. The van der Waals surface area contributed by atoms with Crippen LogP contribution in [-0.2, 0) is 47.7 Å². The van der Waals surface area contributed by atoms with Crippen LogP contribution in [0.5, 0.6) is 0 Å². The molecule has 0 radical (unpaired) electrons. The number of ether oxygens (including phenoxy) is 5. The van der Waals surface area contributed by atoms with Crippen molar-refractivity contribution in [3.05, 3.63) is 0 Å². The highest BCUT2D eigenvalue weighted by molar-refractivity contribution is 6.01. The molecule has 0 saturated carbocycles. The SMILES string of the molecule is CC(=O)OC(C)(C)C.CCN.CN.NCCOCCOCCOCCOCCC(=O)ON1C(=O)CCC1=O. The Balaban J connectivity index is -0.000000784. The van der Waals surface area contributed by atoms with Gasteiger partial charge in [0.25, 0.3) is 11.8 Å². The number of hydrogen-bond donors (Lipinski definition) is 3. The third-order valence-electron chi connectivity index (χ3n) is 3.48. The van der Waals surface area contributed by atoms with Crippen LogP contribution < -0.4 is 17.2 Å². The standard InChI is InChI=1S/C15H26N2O8.C6H12O2.C2H7N.CH5N/c16-4-6-22-8-10-24-12-11-23-9-7-21-5-3-15(20)25-17-13(18)1-2-14(17)19;1-5(7)8-6(2,3)4;1-2-3;1-2/h1-12,16H2;1-4H3;2-3H2,1H3;2H2,1H3. The number of carbonyl (C=O) groups excluding carboxylic acids is 4. The predicted octanol–water partition coefficient (Wildman–Crippen LogP) is -0.103. The minimum absolute atomic E-state index is 0.0526. The highest BCUT2D eigenvalue weighted by Gasteiger charge is 2.32. The number of hydroxylamine groups is 2. The number of carbonyl (C=O) groups is 4. The minimum Gasteiger partial charge on any atom is -0.460 e. The van der Waals surface area contributed by atoms with E-state index in [-0.39, 0.29) is 37.4 Å². The first-order valence-electron chi connectivity index (χ1n) is 12.5. The summed E-state index contributed by atoms with van der Waals surface area (Å²) in [7, 11) is 1.50. The van der Waals surface area contributed by atoms with Gasteiger partial charge < -0.3 is 45.7 Å². The monoisotopic (exact) mass is 554 g/mol. The molecule has 0 unspecified atom stereocenters. The molecule has 0 bridgehead atoms. The van der Waals surface area contributed by atoms with E-state index in [1.54, 1.807) is 0 Å². The van der Waals surface area contributed by atoms with Gasteiger partial charge in [-0.25, -0.2) is 4.79 Å². The highest BCUT2D eigenvalue weighted by Crippen LogP contribution is 2.12. The Labute approximate surface area is 226 Å². The molecule has 14 nitrogen and oxygen atoms in total. The normalized spacial score (nSPS) is 12.4. The van der Waals surface area contributed by atoms with Crippen molar-refractivity contribution in [2.24, 2.45) is 17.2 Å². The highest BCUT2D eigenvalue weighted by atomic mass is 16.7. The van der Waals surface area contributed by atoms with E-state index >= 15 is 0 Å². The van der Waals surface area contributed by atoms with Gasteiger partial charge in [0, 0.05) is 26.3 Å². The fourth-order valence-corrected chi connectivity index (χ4v) is 2.24. The number of nitrogens with zero attached hydrogens (tertiary/aromatic N) is 1. The maximum atomic E-state index is 11.5. The molecule has 0 atom stereocenters. The van der Waals surface area contributed by atoms with Crippen LogP contribution in [0.15, 0.2) is 0 Å². The molecule has 0 aromatic rings. The third kappa shape index (κ3) is 30.0. The zero-order valence-electron chi connectivity index (χ0n) is 24.0. The summed E-state index contributed by atoms with van der Waals surface area (Å²) < 4.78 is 25.7. The van der Waals surface area contributed by atoms with Gasteiger partial charge in [-0.3, -0.25) is 14.4 Å². The number of imide groups is 1. The van der Waals surface area contributed by atoms with E-state index in [4.69, 9.17) is 40.0 Å². The van der Waals surface area contributed by atoms with Gasteiger partial charge in [-0.2, -0.15) is 0 Å². The van der Waals surface area contributed by atoms with Crippen LogP contribution >= 0.6 is 0 Å². The first kappa shape index (κ1) is 40.3. The second-order valence-corrected chi connectivity index (χ2v) is 8.15. The fraction of sp³-hybridized carbons (Fsp3) is 0.833. The maximum Gasteiger partial charge on any atom is 0.335 e. The molecule has 14 heteroatoms. The van der Waals surface area contributed by atoms with Crippen LogP contribution in [0.1, 0.15) is 53.9 Å². The van der Waals surface area contributed by atoms with Crippen LogP contribution in [0.4, 0.5) is 0 Å². The summed E-state index contributed by atoms with van der Waals surface area (Å²) in [6, 6.07) is 0. The largest absolute Gasteiger partial charge is 0.460 e. The van der Waals surface area contributed by atoms with E-state index in [1.807, 2.05) is 27.7 Å². The van der Waals surface area contributed by atoms with Crippen molar-refractivity contribution in [3.8, 4) is 0 Å². The molecule has 1 rings (SSSR count). The summed E-state index contributed by atoms with van der Waals surface area (Å²) in [6.07, 6.45) is 0.0950. The molecular formula is C24H50N4O10. The maximum absolute atomic E-state index is 11.5. The van der Waals surface area contributed by atoms with Crippen LogP contribution in [0.2, 0.25) is 0 Å². The summed E-state index contributed by atoms with van der Waals surface area (Å²) in [4.78, 5) is 48.9. The Morgan fingerprint density at radius 1 is 0.789 bits per heavy atom. The lowest BCUT2D eigenvalue weighted by molar-refractivity contribution is -0.198. The van der Waals surface area contributed by atoms with E-state index < -0.39 is 17.8 Å². The Bertz CT molecular complexity index is 599. The van der Waals surface area contributed by atoms with Crippen molar-refractivity contribution in [1.82, 2.24) is 5.06 Å². The van der Waals surface area contributed by atoms with Crippen molar-refractivity contribution in [2.45, 2.75) is 59.5 Å². The average molecular weight is 555 g/mol. The summed E-state index contributed by atoms with van der Waals surface area (Å²) in [6.45, 7) is 13.3. The predicted molar refractivity (Wildman–Crippen MR) is 140 cm³/mol. The van der Waals surface area contributed by atoms with Crippen molar-refractivity contribution >= 4 is 23.8 Å². The summed E-state index contributed by atoms with van der Waals surface area (Å²) in [5.74, 6) is -1.91. The van der Waals surface area contributed by atoms with Gasteiger partial charge in [0.2, 0.25) is 0 Å². The van der Waals surface area contributed by atoms with Crippen molar-refractivity contribution in [3.63, 3.8) is 0 Å². The topological polar surface area (TPSA) is 205 Å². The number of hydrogen-bond acceptors (Lipinski definition) is 13. The van der Waals surface area contributed by atoms with E-state index in [9.17, 15) is 19.2 Å². The van der Waals surface area contributed by atoms with E-state index in [1.165, 1.54) is 14.0 Å². The van der Waals surface area contributed by atoms with E-state index in [0.717, 1.165) is 6.54 Å². The molecule has 1 heterocycles. The quantitative estimate of drug-likeness (QED) is 0.137. The molecule has 1 aliphatic heterocycles. The molecular weight excluding hydrogens is 504 g/mol. The van der Waals surface area contributed by atoms with Crippen molar-refractivity contribution in [2.75, 3.05) is 73.0 Å². The second kappa shape index (κ2) is 27.8. The lowest BCUT2D eigenvalue weighted by atomic mass is 10.2. The molecule has 0 spiro atoms. The van der Waals surface area contributed by atoms with Gasteiger partial charge in [0.05, 0.1) is 59.3 Å². The van der Waals surface area contributed by atoms with Gasteiger partial charge in [-0.1, -0.05) is 6.92 Å². The number of amides is 2. The first-order chi connectivity index (χ1) is 18.0. The summed E-state index contributed by atoms with van der Waals surface area (Å²) in [5.41, 5.74) is 14.3. The minimum atomic E-state index is -0.685. The van der Waals surface area contributed by atoms with Crippen LogP contribution in [0.3, 0.4) is 0 Å². The number of nitrogens with two attached hydrogens (primary N) is 3. The van der Waals surface area contributed by atoms with Gasteiger partial charge in [0.15, 0.2) is 0 Å². The van der Waals surface area contributed by atoms with Crippen LogP contribution in [0.25, 0.3) is 0 Å². The molecule has 1 saturated heterocycles. The first-order valence-corrected chi connectivity index (χ1v) is 12.5. The van der Waals surface area contributed by atoms with Crippen molar-refractivity contribution < 1.29 is 47.7 Å². The number of esters is 1. The number of rotatable bonds is 15. The Morgan fingerprint density at radius 2 is 1.16 bits per heavy atom. The zero-order chi connectivity index (χ0) is 29.8. The van der Waals surface area contributed by atoms with E-state index in [2.05, 4.69) is 5.73 Å². The molecule has 0 aromatic heterocycles. The Hall–Kier alpha value is -2.20. The lowest BCUT2D eigenvalue weighted by Gasteiger charge is -2.17. The fourth-order valence-electron chi connectivity index (χ4n) is 2.24. The molecule has 6 N–H and O–H groups in total.